The van der Waals surface area contributed by atoms with Crippen molar-refractivity contribution in [1.29, 1.82) is 0 Å². The highest BCUT2D eigenvalue weighted by Crippen LogP contribution is 2.69. The van der Waals surface area contributed by atoms with Gasteiger partial charge in [0, 0.05) is 21.7 Å². The quantitative estimate of drug-likeness (QED) is 0.189. The number of carbonyl (C=O) groups is 4. The summed E-state index contributed by atoms with van der Waals surface area (Å²) in [4.78, 5) is 58.8. The van der Waals surface area contributed by atoms with Gasteiger partial charge in [0.1, 0.15) is 24.4 Å². The van der Waals surface area contributed by atoms with E-state index in [1.807, 2.05) is 0 Å². The molecule has 0 unspecified atom stereocenters. The molecule has 8 fully saturated rings. The van der Waals surface area contributed by atoms with Gasteiger partial charge in [-0.15, -0.1) is 0 Å². The number of benzene rings is 1. The van der Waals surface area contributed by atoms with Crippen LogP contribution in [0.25, 0.3) is 0 Å². The molecule has 12 atom stereocenters. The molecule has 0 amide bonds. The van der Waals surface area contributed by atoms with Gasteiger partial charge in [0.2, 0.25) is 0 Å². The molecule has 8 saturated carbocycles. The van der Waals surface area contributed by atoms with Crippen LogP contribution in [0, 0.1) is 67.0 Å². The van der Waals surface area contributed by atoms with Crippen LogP contribution < -0.4 is 0 Å². The molecule has 0 N–H and O–H groups in total. The molecule has 0 radical (unpaired) electrons. The summed E-state index contributed by atoms with van der Waals surface area (Å²) in [6, 6.07) is 2.80. The predicted molar refractivity (Wildman–Crippen MR) is 220 cm³/mol. The smallest absolute Gasteiger partial charge is 0.339 e. The standard InChI is InChI=1S/C50H70O8/c1-43(2)27-13-17-47(43,9)35(21-27)55-39(51)31-25-33(41(53)57-37-23-29-15-19-49(37,11)45(29,5)6)34(42(54)58-38-24-30-16-20-50(38,12)46(30,7)8)26-32(31)40(52)56-36-22-28-14-18-48(36,10)44(28,3)4/h25-30,35-38H,13-24H2,1-12H3/t27-,28-,29-,30-,35+,36+,37+,38+,47+,48+,49+,50+/m0/s1. The van der Waals surface area contributed by atoms with Crippen LogP contribution in [0.5, 0.6) is 0 Å². The number of hydrogen-bond donors (Lipinski definition) is 0. The summed E-state index contributed by atoms with van der Waals surface area (Å²) in [5.41, 5.74) is -1.18. The lowest BCUT2D eigenvalue weighted by atomic mass is 9.70. The zero-order valence-corrected chi connectivity index (χ0v) is 37.5. The van der Waals surface area contributed by atoms with E-state index in [-0.39, 0.29) is 90.0 Å². The molecule has 0 aliphatic heterocycles. The van der Waals surface area contributed by atoms with Gasteiger partial charge >= 0.3 is 23.9 Å². The van der Waals surface area contributed by atoms with E-state index in [1.54, 1.807) is 0 Å². The Bertz CT molecular complexity index is 1700. The Kier molecular flexibility index (Phi) is 8.63. The summed E-state index contributed by atoms with van der Waals surface area (Å²) in [6.45, 7) is 27.0. The van der Waals surface area contributed by atoms with Gasteiger partial charge in [0.25, 0.3) is 0 Å². The fourth-order valence-corrected chi connectivity index (χ4v) is 15.3. The van der Waals surface area contributed by atoms with Crippen LogP contribution in [0.4, 0.5) is 0 Å². The number of esters is 4. The summed E-state index contributed by atoms with van der Waals surface area (Å²) in [5.74, 6) is -1.00. The maximum absolute atomic E-state index is 14.7. The topological polar surface area (TPSA) is 105 Å². The Morgan fingerprint density at radius 3 is 0.707 bits per heavy atom. The third-order valence-corrected chi connectivity index (χ3v) is 21.9. The first-order valence-electron chi connectivity index (χ1n) is 22.9. The average Bonchev–Trinajstić information content (AvgIpc) is 3.89. The van der Waals surface area contributed by atoms with Gasteiger partial charge in [-0.05, 0) is 135 Å². The first-order chi connectivity index (χ1) is 26.8. The first kappa shape index (κ1) is 40.5. The molecule has 0 aromatic heterocycles. The van der Waals surface area contributed by atoms with Crippen molar-refractivity contribution in [2.24, 2.45) is 67.0 Å². The second kappa shape index (κ2) is 12.4. The van der Waals surface area contributed by atoms with E-state index in [4.69, 9.17) is 18.9 Å². The Hall–Kier alpha value is -2.90. The van der Waals surface area contributed by atoms with Crippen LogP contribution >= 0.6 is 0 Å². The van der Waals surface area contributed by atoms with E-state index >= 15 is 0 Å². The van der Waals surface area contributed by atoms with Gasteiger partial charge in [-0.2, -0.15) is 0 Å². The third kappa shape index (κ3) is 5.04. The van der Waals surface area contributed by atoms with E-state index in [2.05, 4.69) is 83.1 Å². The summed E-state index contributed by atoms with van der Waals surface area (Å²) in [5, 5.41) is 0. The molecule has 58 heavy (non-hydrogen) atoms. The van der Waals surface area contributed by atoms with Crippen molar-refractivity contribution in [2.75, 3.05) is 0 Å². The zero-order valence-electron chi connectivity index (χ0n) is 37.5. The predicted octanol–water partition coefficient (Wildman–Crippen LogP) is 11.2. The second-order valence-electron chi connectivity index (χ2n) is 24.0. The minimum atomic E-state index is -0.676. The van der Waals surface area contributed by atoms with E-state index in [0.717, 1.165) is 77.0 Å². The van der Waals surface area contributed by atoms with E-state index < -0.39 is 23.9 Å². The fraction of sp³-hybridized carbons (Fsp3) is 0.800. The average molecular weight is 799 g/mol. The highest BCUT2D eigenvalue weighted by molar-refractivity contribution is 6.10. The molecule has 0 saturated heterocycles. The molecule has 8 aliphatic rings. The molecular formula is C50H70O8. The van der Waals surface area contributed by atoms with Gasteiger partial charge in [-0.1, -0.05) is 83.1 Å². The van der Waals surface area contributed by atoms with Crippen molar-refractivity contribution in [2.45, 2.75) is 185 Å². The molecule has 9 rings (SSSR count). The van der Waals surface area contributed by atoms with Crippen molar-refractivity contribution in [1.82, 2.24) is 0 Å². The molecule has 8 heteroatoms. The van der Waals surface area contributed by atoms with Crippen molar-refractivity contribution in [3.63, 3.8) is 0 Å². The number of rotatable bonds is 8. The van der Waals surface area contributed by atoms with Crippen molar-refractivity contribution >= 4 is 23.9 Å². The molecule has 318 valence electrons. The van der Waals surface area contributed by atoms with Gasteiger partial charge in [-0.3, -0.25) is 0 Å². The van der Waals surface area contributed by atoms with Crippen LogP contribution in [0.15, 0.2) is 12.1 Å². The molecule has 8 bridgehead atoms. The van der Waals surface area contributed by atoms with Gasteiger partial charge in [0.15, 0.2) is 0 Å². The molecule has 0 spiro atoms. The lowest BCUT2D eigenvalue weighted by Crippen LogP contribution is -2.40. The normalized spacial score (nSPS) is 43.8. The van der Waals surface area contributed by atoms with Crippen molar-refractivity contribution in [3.8, 4) is 0 Å². The van der Waals surface area contributed by atoms with Crippen molar-refractivity contribution in [3.05, 3.63) is 34.4 Å². The Morgan fingerprint density at radius 1 is 0.379 bits per heavy atom. The Labute approximate surface area is 347 Å². The van der Waals surface area contributed by atoms with Gasteiger partial charge < -0.3 is 18.9 Å². The van der Waals surface area contributed by atoms with E-state index in [0.29, 0.717) is 23.7 Å². The number of carbonyl (C=O) groups excluding carboxylic acids is 4. The van der Waals surface area contributed by atoms with Gasteiger partial charge in [0.05, 0.1) is 22.3 Å². The lowest BCUT2D eigenvalue weighted by molar-refractivity contribution is -0.0286. The van der Waals surface area contributed by atoms with Crippen LogP contribution in [-0.2, 0) is 18.9 Å². The Morgan fingerprint density at radius 2 is 0.569 bits per heavy atom. The highest BCUT2D eigenvalue weighted by Gasteiger charge is 2.66. The highest BCUT2D eigenvalue weighted by atomic mass is 16.6. The summed E-state index contributed by atoms with van der Waals surface area (Å²) in [6.07, 6.45) is 9.79. The van der Waals surface area contributed by atoms with E-state index in [9.17, 15) is 19.2 Å². The van der Waals surface area contributed by atoms with Gasteiger partial charge in [-0.25, -0.2) is 19.2 Å². The summed E-state index contributed by atoms with van der Waals surface area (Å²) >= 11 is 0. The lowest BCUT2D eigenvalue weighted by Gasteiger charge is -2.39. The number of fused-ring (bicyclic) bond motifs is 8. The fourth-order valence-electron chi connectivity index (χ4n) is 15.3. The number of ether oxygens (including phenoxy) is 4. The van der Waals surface area contributed by atoms with Crippen molar-refractivity contribution < 1.29 is 38.1 Å². The molecular weight excluding hydrogens is 729 g/mol. The number of hydrogen-bond acceptors (Lipinski definition) is 8. The second-order valence-corrected chi connectivity index (χ2v) is 24.0. The molecule has 1 aromatic carbocycles. The summed E-state index contributed by atoms with van der Waals surface area (Å²) < 4.78 is 25.8. The van der Waals surface area contributed by atoms with Crippen LogP contribution in [0.2, 0.25) is 0 Å². The first-order valence-corrected chi connectivity index (χ1v) is 22.9. The zero-order chi connectivity index (χ0) is 42.0. The van der Waals surface area contributed by atoms with Crippen LogP contribution in [-0.4, -0.2) is 48.3 Å². The van der Waals surface area contributed by atoms with Crippen LogP contribution in [0.1, 0.15) is 202 Å². The largest absolute Gasteiger partial charge is 0.458 e. The SMILES string of the molecule is CC1(C)[C@H]2CC[C@]1(C)[C@H](OC(=O)c1cc(C(=O)O[C@@H]3C[C@@H]4CC[C@@]3(C)C4(C)C)c(C(=O)O[C@@H]3C[C@@H]4CC[C@@]3(C)C4(C)C)cc1C(=O)O[C@@H]1C[C@@H]3CC[C@@]1(C)C3(C)C)C2. The maximum atomic E-state index is 14.7. The minimum Gasteiger partial charge on any atom is -0.458 e. The molecule has 8 aliphatic carbocycles. The van der Waals surface area contributed by atoms with Crippen LogP contribution in [0.3, 0.4) is 0 Å². The minimum absolute atomic E-state index is 0.0121. The molecule has 1 aromatic rings. The van der Waals surface area contributed by atoms with E-state index in [1.165, 1.54) is 12.1 Å². The monoisotopic (exact) mass is 799 g/mol. The Balaban J connectivity index is 1.11. The summed E-state index contributed by atoms with van der Waals surface area (Å²) in [7, 11) is 0. The third-order valence-electron chi connectivity index (χ3n) is 21.9. The maximum Gasteiger partial charge on any atom is 0.339 e. The molecule has 0 heterocycles. The molecule has 8 nitrogen and oxygen atoms in total.